The van der Waals surface area contributed by atoms with E-state index in [0.717, 1.165) is 62.6 Å². The van der Waals surface area contributed by atoms with E-state index in [-0.39, 0.29) is 23.3 Å². The van der Waals surface area contributed by atoms with Crippen LogP contribution in [-0.4, -0.2) is 48.3 Å². The number of rotatable bonds is 6. The average Bonchev–Trinajstić information content (AvgIpc) is 2.62. The smallest absolute Gasteiger partial charge is 0.270 e. The average molecular weight is 368 g/mol. The lowest BCUT2D eigenvalue weighted by Gasteiger charge is -2.29. The fourth-order valence-corrected chi connectivity index (χ4v) is 3.86. The maximum Gasteiger partial charge on any atom is 0.270 e. The van der Waals surface area contributed by atoms with Crippen molar-refractivity contribution in [3.05, 3.63) is 22.2 Å². The van der Waals surface area contributed by atoms with Crippen LogP contribution in [0.3, 0.4) is 0 Å². The molecule has 1 fully saturated rings. The molecule has 1 heterocycles. The molecule has 2 aliphatic carbocycles. The summed E-state index contributed by atoms with van der Waals surface area (Å²) in [4.78, 5) is 21.2. The van der Waals surface area contributed by atoms with Crippen molar-refractivity contribution >= 4 is 17.5 Å². The number of ether oxygens (including phenoxy) is 2. The van der Waals surface area contributed by atoms with Crippen LogP contribution < -0.4 is 5.32 Å². The third kappa shape index (κ3) is 4.90. The minimum Gasteiger partial charge on any atom is -0.382 e. The van der Waals surface area contributed by atoms with E-state index >= 15 is 0 Å². The Morgan fingerprint density at radius 1 is 1.16 bits per heavy atom. The van der Waals surface area contributed by atoms with Crippen molar-refractivity contribution in [3.63, 3.8) is 0 Å². The van der Waals surface area contributed by atoms with Gasteiger partial charge >= 0.3 is 0 Å². The van der Waals surface area contributed by atoms with Gasteiger partial charge in [-0.25, -0.2) is 9.97 Å². The second-order valence-electron chi connectivity index (χ2n) is 6.78. The highest BCUT2D eigenvalue weighted by molar-refractivity contribution is 6.28. The molecule has 2 aliphatic rings. The van der Waals surface area contributed by atoms with E-state index in [0.29, 0.717) is 18.9 Å². The van der Waals surface area contributed by atoms with Crippen LogP contribution in [0.4, 0.5) is 0 Å². The summed E-state index contributed by atoms with van der Waals surface area (Å²) < 4.78 is 10.8. The van der Waals surface area contributed by atoms with Gasteiger partial charge in [0.1, 0.15) is 5.69 Å². The number of nitrogens with zero attached hydrogens (tertiary/aromatic N) is 2. The molecule has 3 rings (SSSR count). The number of hydrogen-bond donors (Lipinski definition) is 1. The van der Waals surface area contributed by atoms with Crippen LogP contribution in [0.2, 0.25) is 5.28 Å². The summed E-state index contributed by atoms with van der Waals surface area (Å²) >= 11 is 6.02. The zero-order valence-corrected chi connectivity index (χ0v) is 15.5. The number of carbonyl (C=O) groups is 1. The first-order valence-electron chi connectivity index (χ1n) is 9.14. The molecule has 0 saturated heterocycles. The number of methoxy groups -OCH3 is 1. The number of hydrogen-bond acceptors (Lipinski definition) is 5. The van der Waals surface area contributed by atoms with Gasteiger partial charge in [-0.3, -0.25) is 4.79 Å². The molecule has 138 valence electrons. The largest absolute Gasteiger partial charge is 0.382 e. The van der Waals surface area contributed by atoms with Crippen molar-refractivity contribution in [1.82, 2.24) is 15.3 Å². The second-order valence-corrected chi connectivity index (χ2v) is 7.12. The third-order valence-corrected chi connectivity index (χ3v) is 5.19. The highest BCUT2D eigenvalue weighted by Gasteiger charge is 2.26. The maximum absolute atomic E-state index is 12.7. The second kappa shape index (κ2) is 8.92. The number of aromatic nitrogens is 2. The fourth-order valence-electron chi connectivity index (χ4n) is 3.68. The van der Waals surface area contributed by atoms with E-state index < -0.39 is 0 Å². The summed E-state index contributed by atoms with van der Waals surface area (Å²) in [7, 11) is 1.67. The maximum atomic E-state index is 12.7. The summed E-state index contributed by atoms with van der Waals surface area (Å²) in [5.74, 6) is -0.119. The van der Waals surface area contributed by atoms with Crippen molar-refractivity contribution in [3.8, 4) is 0 Å². The van der Waals surface area contributed by atoms with E-state index in [4.69, 9.17) is 21.1 Å². The number of halogens is 1. The Balaban J connectivity index is 1.56. The van der Waals surface area contributed by atoms with Crippen LogP contribution in [0.1, 0.15) is 60.3 Å². The van der Waals surface area contributed by atoms with Crippen LogP contribution in [0, 0.1) is 0 Å². The molecule has 1 saturated carbocycles. The summed E-state index contributed by atoms with van der Waals surface area (Å²) in [5.41, 5.74) is 2.38. The molecule has 6 nitrogen and oxygen atoms in total. The number of carbonyl (C=O) groups excluding carboxylic acids is 1. The van der Waals surface area contributed by atoms with E-state index in [9.17, 15) is 4.79 Å². The monoisotopic (exact) mass is 367 g/mol. The molecule has 0 bridgehead atoms. The predicted molar refractivity (Wildman–Crippen MR) is 95.0 cm³/mol. The summed E-state index contributed by atoms with van der Waals surface area (Å²) in [5, 5.41) is 3.30. The lowest BCUT2D eigenvalue weighted by atomic mass is 9.92. The van der Waals surface area contributed by atoms with Crippen molar-refractivity contribution in [1.29, 1.82) is 0 Å². The lowest BCUT2D eigenvalue weighted by molar-refractivity contribution is -0.00409. The van der Waals surface area contributed by atoms with E-state index in [1.54, 1.807) is 7.11 Å². The van der Waals surface area contributed by atoms with E-state index in [1.807, 2.05) is 0 Å². The molecule has 0 aliphatic heterocycles. The molecule has 0 atom stereocenters. The number of amides is 1. The van der Waals surface area contributed by atoms with Gasteiger partial charge in [0.2, 0.25) is 5.28 Å². The minimum absolute atomic E-state index is 0.119. The summed E-state index contributed by atoms with van der Waals surface area (Å²) in [6.07, 6.45) is 7.92. The number of fused-ring (bicyclic) bond motifs is 1. The quantitative estimate of drug-likeness (QED) is 0.618. The molecule has 0 unspecified atom stereocenters. The van der Waals surface area contributed by atoms with Gasteiger partial charge in [0, 0.05) is 24.4 Å². The molecule has 0 radical (unpaired) electrons. The highest BCUT2D eigenvalue weighted by Crippen LogP contribution is 2.25. The first-order valence-corrected chi connectivity index (χ1v) is 9.52. The molecule has 1 N–H and O–H groups in total. The molecular formula is C18H26ClN3O3. The SMILES string of the molecule is COCCO[C@H]1CC[C@H](NC(=O)c2nc(Cl)nc3c2CCCC3)CC1. The number of nitrogens with one attached hydrogen (secondary N) is 1. The van der Waals surface area contributed by atoms with Crippen LogP contribution in [-0.2, 0) is 22.3 Å². The molecule has 0 spiro atoms. The van der Waals surface area contributed by atoms with Gasteiger partial charge < -0.3 is 14.8 Å². The molecule has 1 aromatic heterocycles. The molecule has 1 aromatic rings. The van der Waals surface area contributed by atoms with Crippen molar-refractivity contribution in [2.24, 2.45) is 0 Å². The van der Waals surface area contributed by atoms with Gasteiger partial charge in [0.05, 0.1) is 19.3 Å². The Hall–Kier alpha value is -1.24. The Bertz CT molecular complexity index is 603. The van der Waals surface area contributed by atoms with E-state index in [2.05, 4.69) is 15.3 Å². The molecular weight excluding hydrogens is 342 g/mol. The number of aryl methyl sites for hydroxylation is 1. The molecule has 25 heavy (non-hydrogen) atoms. The van der Waals surface area contributed by atoms with Gasteiger partial charge in [-0.05, 0) is 63.0 Å². The summed E-state index contributed by atoms with van der Waals surface area (Å²) in [6.45, 7) is 1.25. The van der Waals surface area contributed by atoms with Crippen LogP contribution in [0.15, 0.2) is 0 Å². The van der Waals surface area contributed by atoms with Crippen molar-refractivity contribution < 1.29 is 14.3 Å². The van der Waals surface area contributed by atoms with Gasteiger partial charge in [-0.1, -0.05) is 0 Å². The minimum atomic E-state index is -0.119. The zero-order valence-electron chi connectivity index (χ0n) is 14.7. The fraction of sp³-hybridized carbons (Fsp3) is 0.722. The standard InChI is InChI=1S/C18H26ClN3O3/c1-24-10-11-25-13-8-6-12(7-9-13)20-17(23)16-14-4-2-3-5-15(14)21-18(19)22-16/h12-13H,2-11H2,1H3,(H,20,23)/t12-,13-. The first-order chi connectivity index (χ1) is 12.2. The van der Waals surface area contributed by atoms with Crippen molar-refractivity contribution in [2.75, 3.05) is 20.3 Å². The van der Waals surface area contributed by atoms with Crippen molar-refractivity contribution in [2.45, 2.75) is 63.5 Å². The van der Waals surface area contributed by atoms with E-state index in [1.165, 1.54) is 0 Å². The van der Waals surface area contributed by atoms with Crippen LogP contribution in [0.25, 0.3) is 0 Å². The first kappa shape index (κ1) is 18.5. The Morgan fingerprint density at radius 2 is 1.92 bits per heavy atom. The Labute approximate surface area is 153 Å². The predicted octanol–water partition coefficient (Wildman–Crippen LogP) is 2.71. The zero-order chi connectivity index (χ0) is 17.6. The van der Waals surface area contributed by atoms with Gasteiger partial charge in [0.25, 0.3) is 5.91 Å². The molecule has 1 amide bonds. The van der Waals surface area contributed by atoms with Crippen LogP contribution >= 0.6 is 11.6 Å². The molecule has 0 aromatic carbocycles. The van der Waals surface area contributed by atoms with Gasteiger partial charge in [-0.15, -0.1) is 0 Å². The molecule has 7 heteroatoms. The topological polar surface area (TPSA) is 73.3 Å². The highest BCUT2D eigenvalue weighted by atomic mass is 35.5. The van der Waals surface area contributed by atoms with Crippen LogP contribution in [0.5, 0.6) is 0 Å². The summed E-state index contributed by atoms with van der Waals surface area (Å²) in [6, 6.07) is 0.169. The third-order valence-electron chi connectivity index (χ3n) is 5.02. The normalized spacial score (nSPS) is 23.1. The van der Waals surface area contributed by atoms with Gasteiger partial charge in [0.15, 0.2) is 0 Å². The van der Waals surface area contributed by atoms with Gasteiger partial charge in [-0.2, -0.15) is 0 Å². The Kier molecular flexibility index (Phi) is 6.62. The Morgan fingerprint density at radius 3 is 2.68 bits per heavy atom. The lowest BCUT2D eigenvalue weighted by Crippen LogP contribution is -2.40.